The van der Waals surface area contributed by atoms with E-state index in [1.165, 1.54) is 64.2 Å². The molecule has 0 aliphatic heterocycles. The van der Waals surface area contributed by atoms with Crippen molar-refractivity contribution in [3.8, 4) is 0 Å². The van der Waals surface area contributed by atoms with Crippen LogP contribution in [0.3, 0.4) is 0 Å². The van der Waals surface area contributed by atoms with Crippen LogP contribution in [0.25, 0.3) is 0 Å². The van der Waals surface area contributed by atoms with Crippen LogP contribution in [-0.2, 0) is 0 Å². The molecule has 0 fully saturated rings. The van der Waals surface area contributed by atoms with Gasteiger partial charge < -0.3 is 0 Å². The highest BCUT2D eigenvalue weighted by molar-refractivity contribution is 4.83. The van der Waals surface area contributed by atoms with Crippen LogP contribution < -0.4 is 0 Å². The first-order chi connectivity index (χ1) is 7.41. The lowest BCUT2D eigenvalue weighted by Crippen LogP contribution is -1.80. The molecule has 0 saturated heterocycles. The molecule has 0 rings (SSSR count). The number of allylic oxidation sites excluding steroid dienone is 3. The first-order valence-electron chi connectivity index (χ1n) is 6.47. The molecule has 0 aliphatic rings. The largest absolute Gasteiger partial charge is 0.103 e. The van der Waals surface area contributed by atoms with Crippen molar-refractivity contribution >= 4 is 0 Å². The van der Waals surface area contributed by atoms with Gasteiger partial charge in [0.1, 0.15) is 0 Å². The highest BCUT2D eigenvalue weighted by atomic mass is 14.0. The number of rotatable bonds is 11. The van der Waals surface area contributed by atoms with Crippen molar-refractivity contribution in [2.75, 3.05) is 0 Å². The Labute approximate surface area is 96.5 Å². The van der Waals surface area contributed by atoms with E-state index >= 15 is 0 Å². The number of hydrogen-bond acceptors (Lipinski definition) is 0. The smallest absolute Gasteiger partial charge is 0.0316 e. The van der Waals surface area contributed by atoms with E-state index in [1.54, 1.807) is 0 Å². The Balaban J connectivity index is 2.89. The second-order valence-electron chi connectivity index (χ2n) is 4.17. The minimum Gasteiger partial charge on any atom is -0.103 e. The average Bonchev–Trinajstić information content (AvgIpc) is 2.26. The van der Waals surface area contributed by atoms with Crippen molar-refractivity contribution in [3.63, 3.8) is 0 Å². The van der Waals surface area contributed by atoms with Crippen LogP contribution in [0.15, 0.2) is 24.8 Å². The van der Waals surface area contributed by atoms with E-state index in [4.69, 9.17) is 0 Å². The first-order valence-corrected chi connectivity index (χ1v) is 6.47. The maximum atomic E-state index is 3.73. The highest BCUT2D eigenvalue weighted by Crippen LogP contribution is 2.10. The second kappa shape index (κ2) is 13.5. The molecule has 0 aromatic rings. The first kappa shape index (κ1) is 14.5. The van der Waals surface area contributed by atoms with Crippen molar-refractivity contribution in [3.05, 3.63) is 31.7 Å². The summed E-state index contributed by atoms with van der Waals surface area (Å²) in [5.41, 5.74) is 0. The van der Waals surface area contributed by atoms with Gasteiger partial charge in [-0.15, -0.1) is 6.58 Å². The van der Waals surface area contributed by atoms with Crippen molar-refractivity contribution in [1.82, 2.24) is 0 Å². The normalized spacial score (nSPS) is 11.0. The maximum Gasteiger partial charge on any atom is -0.0316 e. The Hall–Kier alpha value is -0.520. The van der Waals surface area contributed by atoms with E-state index in [0.717, 1.165) is 0 Å². The Morgan fingerprint density at radius 3 is 1.60 bits per heavy atom. The lowest BCUT2D eigenvalue weighted by molar-refractivity contribution is 0.571. The van der Waals surface area contributed by atoms with Gasteiger partial charge >= 0.3 is 0 Å². The van der Waals surface area contributed by atoms with Crippen LogP contribution in [0.1, 0.15) is 64.2 Å². The summed E-state index contributed by atoms with van der Waals surface area (Å²) in [7, 11) is 0. The molecule has 0 aliphatic carbocycles. The Morgan fingerprint density at radius 2 is 1.13 bits per heavy atom. The fourth-order valence-electron chi connectivity index (χ4n) is 1.73. The third kappa shape index (κ3) is 13.5. The van der Waals surface area contributed by atoms with Crippen LogP contribution in [0.2, 0.25) is 0 Å². The molecule has 0 N–H and O–H groups in total. The van der Waals surface area contributed by atoms with Crippen LogP contribution in [0, 0.1) is 6.92 Å². The lowest BCUT2D eigenvalue weighted by atomic mass is 10.1. The Bertz CT molecular complexity index is 144. The van der Waals surface area contributed by atoms with Crippen LogP contribution in [0.4, 0.5) is 0 Å². The topological polar surface area (TPSA) is 0 Å². The van der Waals surface area contributed by atoms with Crippen molar-refractivity contribution < 1.29 is 0 Å². The van der Waals surface area contributed by atoms with Gasteiger partial charge in [0.05, 0.1) is 0 Å². The fraction of sp³-hybridized carbons (Fsp3) is 0.667. The van der Waals surface area contributed by atoms with Gasteiger partial charge in [0.25, 0.3) is 0 Å². The van der Waals surface area contributed by atoms with Crippen LogP contribution >= 0.6 is 0 Å². The predicted molar refractivity (Wildman–Crippen MR) is 70.9 cm³/mol. The molecule has 0 spiro atoms. The highest BCUT2D eigenvalue weighted by Gasteiger charge is 1.91. The molecule has 0 heterocycles. The molecule has 0 nitrogen and oxygen atoms in total. The van der Waals surface area contributed by atoms with Gasteiger partial charge in [0.15, 0.2) is 0 Å². The summed E-state index contributed by atoms with van der Waals surface area (Å²) < 4.78 is 0. The van der Waals surface area contributed by atoms with Gasteiger partial charge in [0, 0.05) is 0 Å². The molecule has 0 amide bonds. The van der Waals surface area contributed by atoms with Gasteiger partial charge in [0.2, 0.25) is 0 Å². The number of hydrogen-bond donors (Lipinski definition) is 0. The van der Waals surface area contributed by atoms with Crippen molar-refractivity contribution in [1.29, 1.82) is 0 Å². The summed E-state index contributed by atoms with van der Waals surface area (Å²) in [4.78, 5) is 0. The standard InChI is InChI=1S/C15H27/c1-3-5-7-9-11-13-15-14-12-10-8-6-4-2/h3-5H,1-2,6-15H2. The predicted octanol–water partition coefficient (Wildman–Crippen LogP) is 5.46. The zero-order valence-electron chi connectivity index (χ0n) is 10.2. The third-order valence-electron chi connectivity index (χ3n) is 2.70. The van der Waals surface area contributed by atoms with Gasteiger partial charge in [-0.2, -0.15) is 0 Å². The second-order valence-corrected chi connectivity index (χ2v) is 4.17. The molecular weight excluding hydrogens is 180 g/mol. The summed E-state index contributed by atoms with van der Waals surface area (Å²) in [6.07, 6.45) is 19.6. The van der Waals surface area contributed by atoms with Gasteiger partial charge in [-0.05, 0) is 32.6 Å². The molecule has 0 atom stereocenters. The van der Waals surface area contributed by atoms with E-state index in [1.807, 2.05) is 12.2 Å². The zero-order valence-corrected chi connectivity index (χ0v) is 10.2. The lowest BCUT2D eigenvalue weighted by Gasteiger charge is -2.00. The van der Waals surface area contributed by atoms with Crippen molar-refractivity contribution in [2.24, 2.45) is 0 Å². The Morgan fingerprint density at radius 1 is 0.667 bits per heavy atom. The molecule has 0 aromatic carbocycles. The molecule has 0 heteroatoms. The molecule has 0 aromatic heterocycles. The SMILES string of the molecule is [CH2]C=CCCCCCCCCCCC=C. The summed E-state index contributed by atoms with van der Waals surface area (Å²) in [6.45, 7) is 7.41. The Kier molecular flexibility index (Phi) is 13.0. The summed E-state index contributed by atoms with van der Waals surface area (Å²) in [5, 5.41) is 0. The average molecular weight is 207 g/mol. The summed E-state index contributed by atoms with van der Waals surface area (Å²) in [6, 6.07) is 0. The van der Waals surface area contributed by atoms with E-state index < -0.39 is 0 Å². The molecule has 0 saturated carbocycles. The summed E-state index contributed by atoms with van der Waals surface area (Å²) >= 11 is 0. The van der Waals surface area contributed by atoms with E-state index in [2.05, 4.69) is 19.6 Å². The zero-order chi connectivity index (χ0) is 11.2. The van der Waals surface area contributed by atoms with Gasteiger partial charge in [-0.3, -0.25) is 0 Å². The number of unbranched alkanes of at least 4 members (excludes halogenated alkanes) is 9. The van der Waals surface area contributed by atoms with E-state index in [9.17, 15) is 0 Å². The monoisotopic (exact) mass is 207 g/mol. The van der Waals surface area contributed by atoms with Crippen LogP contribution in [0.5, 0.6) is 0 Å². The van der Waals surface area contributed by atoms with E-state index in [0.29, 0.717) is 0 Å². The minimum absolute atomic E-state index is 1.19. The van der Waals surface area contributed by atoms with Gasteiger partial charge in [-0.25, -0.2) is 0 Å². The van der Waals surface area contributed by atoms with Crippen LogP contribution in [-0.4, -0.2) is 0 Å². The molecule has 15 heavy (non-hydrogen) atoms. The molecule has 87 valence electrons. The maximum absolute atomic E-state index is 3.73. The fourth-order valence-corrected chi connectivity index (χ4v) is 1.73. The molecule has 0 unspecified atom stereocenters. The van der Waals surface area contributed by atoms with E-state index in [-0.39, 0.29) is 0 Å². The minimum atomic E-state index is 1.19. The molecule has 1 radical (unpaired) electrons. The summed E-state index contributed by atoms with van der Waals surface area (Å²) in [5.74, 6) is 0. The molecule has 0 bridgehead atoms. The quantitative estimate of drug-likeness (QED) is 0.311. The van der Waals surface area contributed by atoms with Crippen molar-refractivity contribution in [2.45, 2.75) is 64.2 Å². The molecular formula is C15H27. The third-order valence-corrected chi connectivity index (χ3v) is 2.70. The van der Waals surface area contributed by atoms with Gasteiger partial charge in [-0.1, -0.05) is 56.8 Å².